The van der Waals surface area contributed by atoms with Crippen LogP contribution in [0.2, 0.25) is 0 Å². The monoisotopic (exact) mass is 627 g/mol. The number of carbonyl (C=O) groups excluding carboxylic acids is 2. The SMILES string of the molecule is CC[C@@H](C(=O)NCC(C)C)N(Cc1ccc(C)cc1)C(=O)CN(c1cccc(Br)c1)S(=O)(=O)c1ccc(C)cc1. The van der Waals surface area contributed by atoms with Gasteiger partial charge < -0.3 is 10.2 Å². The Hall–Kier alpha value is -3.17. The number of nitrogens with one attached hydrogen (secondary N) is 1. The fourth-order valence-electron chi connectivity index (χ4n) is 4.23. The number of sulfonamides is 1. The number of halogens is 1. The average molecular weight is 629 g/mol. The quantitative estimate of drug-likeness (QED) is 0.273. The van der Waals surface area contributed by atoms with Crippen LogP contribution in [0, 0.1) is 19.8 Å². The van der Waals surface area contributed by atoms with Gasteiger partial charge in [-0.1, -0.05) is 90.3 Å². The highest BCUT2D eigenvalue weighted by Gasteiger charge is 2.33. The summed E-state index contributed by atoms with van der Waals surface area (Å²) in [6, 6.07) is 20.3. The zero-order valence-electron chi connectivity index (χ0n) is 23.7. The molecule has 3 aromatic rings. The van der Waals surface area contributed by atoms with E-state index in [1.807, 2.05) is 58.9 Å². The molecule has 1 N–H and O–H groups in total. The van der Waals surface area contributed by atoms with E-state index in [1.54, 1.807) is 48.5 Å². The number of nitrogens with zero attached hydrogens (tertiary/aromatic N) is 2. The van der Waals surface area contributed by atoms with Gasteiger partial charge in [-0.3, -0.25) is 13.9 Å². The fraction of sp³-hybridized carbons (Fsp3) is 0.355. The van der Waals surface area contributed by atoms with Gasteiger partial charge in [0.2, 0.25) is 11.8 Å². The number of carbonyl (C=O) groups is 2. The molecule has 3 rings (SSSR count). The van der Waals surface area contributed by atoms with Crippen LogP contribution in [0.15, 0.2) is 82.2 Å². The molecule has 3 aromatic carbocycles. The molecule has 0 unspecified atom stereocenters. The summed E-state index contributed by atoms with van der Waals surface area (Å²) in [7, 11) is -4.10. The highest BCUT2D eigenvalue weighted by molar-refractivity contribution is 9.10. The number of anilines is 1. The van der Waals surface area contributed by atoms with Crippen molar-refractivity contribution in [2.75, 3.05) is 17.4 Å². The Morgan fingerprint density at radius 2 is 1.52 bits per heavy atom. The predicted molar refractivity (Wildman–Crippen MR) is 164 cm³/mol. The van der Waals surface area contributed by atoms with Crippen LogP contribution < -0.4 is 9.62 Å². The van der Waals surface area contributed by atoms with E-state index >= 15 is 0 Å². The normalized spacial score (nSPS) is 12.2. The molecule has 214 valence electrons. The second-order valence-corrected chi connectivity index (χ2v) is 13.2. The molecular weight excluding hydrogens is 590 g/mol. The summed E-state index contributed by atoms with van der Waals surface area (Å²) >= 11 is 3.42. The summed E-state index contributed by atoms with van der Waals surface area (Å²) in [6.07, 6.45) is 0.378. The third-order valence-corrected chi connectivity index (χ3v) is 8.81. The number of amides is 2. The molecule has 0 fully saturated rings. The summed E-state index contributed by atoms with van der Waals surface area (Å²) in [4.78, 5) is 28.9. The largest absolute Gasteiger partial charge is 0.354 e. The van der Waals surface area contributed by atoms with E-state index in [1.165, 1.54) is 4.90 Å². The molecule has 0 saturated carbocycles. The van der Waals surface area contributed by atoms with Crippen molar-refractivity contribution >= 4 is 43.5 Å². The van der Waals surface area contributed by atoms with Crippen molar-refractivity contribution in [1.82, 2.24) is 10.2 Å². The summed E-state index contributed by atoms with van der Waals surface area (Å²) in [5.41, 5.74) is 3.19. The van der Waals surface area contributed by atoms with Crippen molar-refractivity contribution in [3.05, 3.63) is 94.0 Å². The molecule has 40 heavy (non-hydrogen) atoms. The van der Waals surface area contributed by atoms with Gasteiger partial charge in [-0.2, -0.15) is 0 Å². The zero-order chi connectivity index (χ0) is 29.4. The Labute approximate surface area is 246 Å². The molecule has 2 amide bonds. The molecule has 7 nitrogen and oxygen atoms in total. The Morgan fingerprint density at radius 3 is 2.08 bits per heavy atom. The lowest BCUT2D eigenvalue weighted by atomic mass is 10.1. The van der Waals surface area contributed by atoms with Gasteiger partial charge in [-0.15, -0.1) is 0 Å². The minimum absolute atomic E-state index is 0.0812. The third-order valence-electron chi connectivity index (χ3n) is 6.53. The Balaban J connectivity index is 2.04. The maximum atomic E-state index is 14.1. The van der Waals surface area contributed by atoms with Crippen molar-refractivity contribution in [2.45, 2.75) is 58.5 Å². The van der Waals surface area contributed by atoms with Gasteiger partial charge in [0.25, 0.3) is 10.0 Å². The van der Waals surface area contributed by atoms with Crippen LogP contribution >= 0.6 is 15.9 Å². The smallest absolute Gasteiger partial charge is 0.264 e. The Kier molecular flexibility index (Phi) is 10.9. The topological polar surface area (TPSA) is 86.8 Å². The first-order valence-electron chi connectivity index (χ1n) is 13.4. The molecule has 0 radical (unpaired) electrons. The standard InChI is InChI=1S/C31H38BrN3O4S/c1-6-29(31(37)33-19-22(2)3)34(20-25-14-10-23(4)11-15-25)30(36)21-35(27-9-7-8-26(32)18-27)40(38,39)28-16-12-24(5)13-17-28/h7-18,22,29H,6,19-21H2,1-5H3,(H,33,37)/t29-/m0/s1. The molecule has 0 aliphatic heterocycles. The highest BCUT2D eigenvalue weighted by Crippen LogP contribution is 2.27. The first-order chi connectivity index (χ1) is 18.9. The van der Waals surface area contributed by atoms with Crippen LogP contribution in [0.4, 0.5) is 5.69 Å². The summed E-state index contributed by atoms with van der Waals surface area (Å²) in [5.74, 6) is -0.482. The molecule has 0 aromatic heterocycles. The molecular formula is C31H38BrN3O4S. The van der Waals surface area contributed by atoms with E-state index in [0.29, 0.717) is 23.1 Å². The van der Waals surface area contributed by atoms with E-state index in [2.05, 4.69) is 21.2 Å². The lowest BCUT2D eigenvalue weighted by Crippen LogP contribution is -2.52. The third kappa shape index (κ3) is 8.17. The molecule has 0 aliphatic rings. The van der Waals surface area contributed by atoms with Gasteiger partial charge >= 0.3 is 0 Å². The lowest BCUT2D eigenvalue weighted by Gasteiger charge is -2.33. The van der Waals surface area contributed by atoms with Gasteiger partial charge in [-0.25, -0.2) is 8.42 Å². The van der Waals surface area contributed by atoms with Crippen LogP contribution in [0.5, 0.6) is 0 Å². The highest BCUT2D eigenvalue weighted by atomic mass is 79.9. The average Bonchev–Trinajstić information content (AvgIpc) is 2.91. The van der Waals surface area contributed by atoms with Gasteiger partial charge in [-0.05, 0) is 62.1 Å². The number of hydrogen-bond donors (Lipinski definition) is 1. The number of rotatable bonds is 12. The minimum atomic E-state index is -4.10. The van der Waals surface area contributed by atoms with E-state index in [-0.39, 0.29) is 23.3 Å². The van der Waals surface area contributed by atoms with E-state index in [9.17, 15) is 18.0 Å². The van der Waals surface area contributed by atoms with E-state index < -0.39 is 28.5 Å². The molecule has 9 heteroatoms. The molecule has 0 aliphatic carbocycles. The minimum Gasteiger partial charge on any atom is -0.354 e. The van der Waals surface area contributed by atoms with Crippen LogP contribution in [-0.4, -0.2) is 44.3 Å². The van der Waals surface area contributed by atoms with Gasteiger partial charge in [0.05, 0.1) is 10.6 Å². The van der Waals surface area contributed by atoms with Crippen molar-refractivity contribution in [2.24, 2.45) is 5.92 Å². The van der Waals surface area contributed by atoms with E-state index in [4.69, 9.17) is 0 Å². The zero-order valence-corrected chi connectivity index (χ0v) is 26.1. The van der Waals surface area contributed by atoms with Crippen molar-refractivity contribution in [3.63, 3.8) is 0 Å². The maximum Gasteiger partial charge on any atom is 0.264 e. The predicted octanol–water partition coefficient (Wildman–Crippen LogP) is 5.84. The second-order valence-electron chi connectivity index (χ2n) is 10.4. The maximum absolute atomic E-state index is 14.1. The van der Waals surface area contributed by atoms with Crippen LogP contribution in [0.25, 0.3) is 0 Å². The summed E-state index contributed by atoms with van der Waals surface area (Å²) < 4.78 is 29.6. The molecule has 0 heterocycles. The fourth-order valence-corrected chi connectivity index (χ4v) is 6.02. The number of hydrogen-bond acceptors (Lipinski definition) is 4. The molecule has 0 saturated heterocycles. The van der Waals surface area contributed by atoms with E-state index in [0.717, 1.165) is 21.0 Å². The first kappa shape index (κ1) is 31.4. The molecule has 0 bridgehead atoms. The summed E-state index contributed by atoms with van der Waals surface area (Å²) in [6.45, 7) is 9.90. The molecule has 1 atom stereocenters. The second kappa shape index (κ2) is 13.9. The van der Waals surface area contributed by atoms with Gasteiger partial charge in [0.15, 0.2) is 0 Å². The number of benzene rings is 3. The van der Waals surface area contributed by atoms with Crippen LogP contribution in [-0.2, 0) is 26.2 Å². The van der Waals surface area contributed by atoms with Crippen LogP contribution in [0.3, 0.4) is 0 Å². The van der Waals surface area contributed by atoms with Crippen molar-refractivity contribution in [1.29, 1.82) is 0 Å². The number of aryl methyl sites for hydroxylation is 2. The van der Waals surface area contributed by atoms with Gasteiger partial charge in [0, 0.05) is 17.6 Å². The Bertz CT molecular complexity index is 1410. The Morgan fingerprint density at radius 1 is 0.925 bits per heavy atom. The summed E-state index contributed by atoms with van der Waals surface area (Å²) in [5, 5.41) is 2.95. The van der Waals surface area contributed by atoms with Crippen molar-refractivity contribution in [3.8, 4) is 0 Å². The molecule has 0 spiro atoms. The van der Waals surface area contributed by atoms with Crippen LogP contribution in [0.1, 0.15) is 43.9 Å². The lowest BCUT2D eigenvalue weighted by molar-refractivity contribution is -0.140. The van der Waals surface area contributed by atoms with Crippen molar-refractivity contribution < 1.29 is 18.0 Å². The van der Waals surface area contributed by atoms with Gasteiger partial charge in [0.1, 0.15) is 12.6 Å². The first-order valence-corrected chi connectivity index (χ1v) is 15.6.